The van der Waals surface area contributed by atoms with Gasteiger partial charge in [-0.1, -0.05) is 0 Å². The molecule has 1 aliphatic rings. The maximum absolute atomic E-state index is 12.7. The van der Waals surface area contributed by atoms with E-state index in [1.165, 1.54) is 6.20 Å². The van der Waals surface area contributed by atoms with Crippen LogP contribution in [0.1, 0.15) is 29.2 Å². The Morgan fingerprint density at radius 1 is 1.35 bits per heavy atom. The Morgan fingerprint density at radius 2 is 2.22 bits per heavy atom. The molecule has 0 saturated carbocycles. The quantitative estimate of drug-likeness (QED) is 0.804. The van der Waals surface area contributed by atoms with Gasteiger partial charge in [0.1, 0.15) is 5.03 Å². The summed E-state index contributed by atoms with van der Waals surface area (Å²) in [6.45, 7) is 1.14. The van der Waals surface area contributed by atoms with Crippen LogP contribution < -0.4 is 0 Å². The molecule has 23 heavy (non-hydrogen) atoms. The van der Waals surface area contributed by atoms with Crippen molar-refractivity contribution in [3.8, 4) is 0 Å². The number of amides is 1. The molecule has 3 heterocycles. The molecule has 122 valence electrons. The topological polar surface area (TPSA) is 51.0 Å². The molecular weight excluding hydrogens is 322 g/mol. The minimum atomic E-state index is -2.60. The monoisotopic (exact) mass is 338 g/mol. The number of piperidine rings is 1. The third kappa shape index (κ3) is 3.69. The smallest absolute Gasteiger partial charge is 0.290 e. The van der Waals surface area contributed by atoms with E-state index in [0.717, 1.165) is 12.8 Å². The second kappa shape index (κ2) is 7.08. The fourth-order valence-corrected chi connectivity index (χ4v) is 3.33. The first-order valence-corrected chi connectivity index (χ1v) is 8.21. The fourth-order valence-electron chi connectivity index (χ4n) is 2.75. The number of pyridine rings is 1. The van der Waals surface area contributed by atoms with E-state index < -0.39 is 5.76 Å². The summed E-state index contributed by atoms with van der Waals surface area (Å²) in [5.74, 6) is -2.85. The van der Waals surface area contributed by atoms with Gasteiger partial charge in [0.2, 0.25) is 0 Å². The first-order valence-electron chi connectivity index (χ1n) is 7.33. The number of carbonyl (C=O) groups excluding carboxylic acids is 1. The van der Waals surface area contributed by atoms with E-state index >= 15 is 0 Å². The normalized spacial score (nSPS) is 18.4. The van der Waals surface area contributed by atoms with Crippen LogP contribution in [-0.2, 0) is 0 Å². The number of alkyl halides is 2. The van der Waals surface area contributed by atoms with Crippen molar-refractivity contribution in [2.75, 3.05) is 13.1 Å². The largest absolute Gasteiger partial charge is 0.336 e. The van der Waals surface area contributed by atoms with E-state index in [1.54, 1.807) is 23.2 Å². The summed E-state index contributed by atoms with van der Waals surface area (Å²) in [6, 6.07) is 5.11. The summed E-state index contributed by atoms with van der Waals surface area (Å²) < 4.78 is 27.1. The molecule has 0 bridgehead atoms. The molecular formula is C15H16F2N4OS. The predicted octanol–water partition coefficient (Wildman–Crippen LogP) is 3.07. The Balaban J connectivity index is 1.77. The molecule has 0 N–H and O–H groups in total. The Bertz CT molecular complexity index is 665. The van der Waals surface area contributed by atoms with E-state index in [0.29, 0.717) is 24.9 Å². The summed E-state index contributed by atoms with van der Waals surface area (Å²) in [6.07, 6.45) is 6.80. The molecule has 2 aromatic heterocycles. The SMILES string of the molecule is O=C(c1cccnc1SC(F)F)N1CCC[C@@H](n2cccn2)C1. The second-order valence-corrected chi connectivity index (χ2v) is 6.25. The van der Waals surface area contributed by atoms with Crippen molar-refractivity contribution in [1.29, 1.82) is 0 Å². The molecule has 8 heteroatoms. The van der Waals surface area contributed by atoms with Crippen LogP contribution in [0.2, 0.25) is 0 Å². The zero-order valence-electron chi connectivity index (χ0n) is 12.3. The molecule has 0 spiro atoms. The number of rotatable bonds is 4. The molecule has 2 aromatic rings. The van der Waals surface area contributed by atoms with Gasteiger partial charge >= 0.3 is 0 Å². The highest BCUT2D eigenvalue weighted by Crippen LogP contribution is 2.29. The van der Waals surface area contributed by atoms with Crippen LogP contribution in [-0.4, -0.2) is 44.4 Å². The first kappa shape index (κ1) is 15.9. The Morgan fingerprint density at radius 3 is 2.96 bits per heavy atom. The summed E-state index contributed by atoms with van der Waals surface area (Å²) in [5.41, 5.74) is 0.235. The number of aromatic nitrogens is 3. The van der Waals surface area contributed by atoms with Crippen molar-refractivity contribution in [1.82, 2.24) is 19.7 Å². The van der Waals surface area contributed by atoms with Crippen LogP contribution >= 0.6 is 11.8 Å². The molecule has 1 amide bonds. The number of thioether (sulfide) groups is 1. The third-order valence-corrected chi connectivity index (χ3v) is 4.51. The average molecular weight is 338 g/mol. The number of hydrogen-bond donors (Lipinski definition) is 0. The summed E-state index contributed by atoms with van der Waals surface area (Å²) in [7, 11) is 0. The van der Waals surface area contributed by atoms with Gasteiger partial charge in [0.15, 0.2) is 0 Å². The van der Waals surface area contributed by atoms with Gasteiger partial charge in [-0.05, 0) is 42.8 Å². The molecule has 1 fully saturated rings. The van der Waals surface area contributed by atoms with Crippen molar-refractivity contribution in [3.05, 3.63) is 42.4 Å². The summed E-state index contributed by atoms with van der Waals surface area (Å²) in [5, 5.41) is 4.30. The zero-order chi connectivity index (χ0) is 16.2. The predicted molar refractivity (Wildman–Crippen MR) is 82.5 cm³/mol. The van der Waals surface area contributed by atoms with Gasteiger partial charge in [-0.2, -0.15) is 13.9 Å². The van der Waals surface area contributed by atoms with Crippen molar-refractivity contribution in [3.63, 3.8) is 0 Å². The van der Waals surface area contributed by atoms with Crippen molar-refractivity contribution >= 4 is 17.7 Å². The van der Waals surface area contributed by atoms with Gasteiger partial charge in [-0.15, -0.1) is 0 Å². The fraction of sp³-hybridized carbons (Fsp3) is 0.400. The standard InChI is InChI=1S/C15H16F2N4OS/c16-15(17)23-13-12(5-1-6-18-13)14(22)20-8-2-4-11(10-20)21-9-3-7-19-21/h1,3,5-7,9,11,15H,2,4,8,10H2/t11-/m1/s1. The highest BCUT2D eigenvalue weighted by atomic mass is 32.2. The van der Waals surface area contributed by atoms with E-state index in [4.69, 9.17) is 0 Å². The summed E-state index contributed by atoms with van der Waals surface area (Å²) in [4.78, 5) is 18.3. The molecule has 5 nitrogen and oxygen atoms in total. The molecule has 1 atom stereocenters. The zero-order valence-corrected chi connectivity index (χ0v) is 13.1. The van der Waals surface area contributed by atoms with E-state index in [2.05, 4.69) is 10.1 Å². The lowest BCUT2D eigenvalue weighted by Crippen LogP contribution is -2.41. The minimum Gasteiger partial charge on any atom is -0.336 e. The van der Waals surface area contributed by atoms with Crippen LogP contribution in [0.4, 0.5) is 8.78 Å². The van der Waals surface area contributed by atoms with Gasteiger partial charge in [-0.3, -0.25) is 9.48 Å². The molecule has 0 aromatic carbocycles. The van der Waals surface area contributed by atoms with Crippen molar-refractivity contribution in [2.24, 2.45) is 0 Å². The Hall–Kier alpha value is -1.96. The highest BCUT2D eigenvalue weighted by molar-refractivity contribution is 7.99. The summed E-state index contributed by atoms with van der Waals surface area (Å²) >= 11 is 0.306. The molecule has 0 unspecified atom stereocenters. The molecule has 0 aliphatic carbocycles. The maximum Gasteiger partial charge on any atom is 0.290 e. The average Bonchev–Trinajstić information content (AvgIpc) is 3.09. The van der Waals surface area contributed by atoms with Crippen molar-refractivity contribution in [2.45, 2.75) is 29.7 Å². The number of carbonyl (C=O) groups is 1. The molecule has 1 aliphatic heterocycles. The van der Waals surface area contributed by atoms with Crippen LogP contribution in [0, 0.1) is 0 Å². The van der Waals surface area contributed by atoms with E-state index in [9.17, 15) is 13.6 Å². The van der Waals surface area contributed by atoms with Crippen LogP contribution in [0.5, 0.6) is 0 Å². The van der Waals surface area contributed by atoms with Gasteiger partial charge in [0, 0.05) is 31.7 Å². The molecule has 3 rings (SSSR count). The van der Waals surface area contributed by atoms with Gasteiger partial charge < -0.3 is 4.90 Å². The number of halogens is 2. The molecule has 0 radical (unpaired) electrons. The Labute approximate surface area is 136 Å². The lowest BCUT2D eigenvalue weighted by molar-refractivity contribution is 0.0668. The van der Waals surface area contributed by atoms with E-state index in [-0.39, 0.29) is 22.5 Å². The Kier molecular flexibility index (Phi) is 4.90. The van der Waals surface area contributed by atoms with Crippen molar-refractivity contribution < 1.29 is 13.6 Å². The number of likely N-dealkylation sites (tertiary alicyclic amines) is 1. The molecule has 1 saturated heterocycles. The van der Waals surface area contributed by atoms with E-state index in [1.807, 2.05) is 16.9 Å². The van der Waals surface area contributed by atoms with Gasteiger partial charge in [0.05, 0.1) is 11.6 Å². The second-order valence-electron chi connectivity index (χ2n) is 5.27. The van der Waals surface area contributed by atoms with Gasteiger partial charge in [-0.25, -0.2) is 4.98 Å². The maximum atomic E-state index is 12.7. The van der Waals surface area contributed by atoms with Gasteiger partial charge in [0.25, 0.3) is 11.7 Å². The first-order chi connectivity index (χ1) is 11.1. The van der Waals surface area contributed by atoms with Crippen LogP contribution in [0.15, 0.2) is 41.8 Å². The minimum absolute atomic E-state index is 0.0775. The third-order valence-electron chi connectivity index (χ3n) is 3.78. The van der Waals surface area contributed by atoms with Crippen LogP contribution in [0.3, 0.4) is 0 Å². The lowest BCUT2D eigenvalue weighted by atomic mass is 10.0. The number of nitrogens with zero attached hydrogens (tertiary/aromatic N) is 4. The number of hydrogen-bond acceptors (Lipinski definition) is 4. The highest BCUT2D eigenvalue weighted by Gasteiger charge is 2.27. The van der Waals surface area contributed by atoms with Crippen LogP contribution in [0.25, 0.3) is 0 Å². The lowest BCUT2D eigenvalue weighted by Gasteiger charge is -2.33.